The van der Waals surface area contributed by atoms with Crippen molar-refractivity contribution in [3.8, 4) is 5.75 Å². The highest BCUT2D eigenvalue weighted by Crippen LogP contribution is 2.29. The van der Waals surface area contributed by atoms with Gasteiger partial charge in [0.15, 0.2) is 11.8 Å². The van der Waals surface area contributed by atoms with Crippen LogP contribution in [-0.2, 0) is 4.79 Å². The van der Waals surface area contributed by atoms with Crippen molar-refractivity contribution in [2.75, 3.05) is 14.2 Å². The molecule has 0 amide bonds. The number of rotatable bonds is 5. The molecule has 1 unspecified atom stereocenters. The molecule has 2 N–H and O–H groups in total. The molecule has 0 saturated carbocycles. The molecular formula is C14H19NO4. The van der Waals surface area contributed by atoms with Crippen molar-refractivity contribution >= 4 is 11.8 Å². The van der Waals surface area contributed by atoms with Gasteiger partial charge in [-0.15, -0.1) is 0 Å². The van der Waals surface area contributed by atoms with E-state index in [4.69, 9.17) is 9.84 Å². The van der Waals surface area contributed by atoms with Crippen molar-refractivity contribution < 1.29 is 19.4 Å². The number of likely N-dealkylation sites (N-methyl/N-ethyl adjacent to an activating group) is 1. The molecule has 1 aromatic carbocycles. The first-order valence-electron chi connectivity index (χ1n) is 5.94. The van der Waals surface area contributed by atoms with Crippen molar-refractivity contribution in [2.24, 2.45) is 0 Å². The number of ketones is 1. The minimum atomic E-state index is -1.23. The summed E-state index contributed by atoms with van der Waals surface area (Å²) in [5, 5.41) is 11.5. The SMILES string of the molecule is CNC(C(=O)O)C(=O)c1cc(C)c(OC)c(C)c1C. The molecule has 5 nitrogen and oxygen atoms in total. The first kappa shape index (κ1) is 15.2. The maximum Gasteiger partial charge on any atom is 0.328 e. The van der Waals surface area contributed by atoms with Gasteiger partial charge in [0.2, 0.25) is 0 Å². The minimum Gasteiger partial charge on any atom is -0.496 e. The monoisotopic (exact) mass is 265 g/mol. The van der Waals surface area contributed by atoms with Gasteiger partial charge in [-0.05, 0) is 50.6 Å². The third-order valence-electron chi connectivity index (χ3n) is 3.29. The van der Waals surface area contributed by atoms with Gasteiger partial charge in [-0.2, -0.15) is 0 Å². The number of hydrogen-bond donors (Lipinski definition) is 2. The summed E-state index contributed by atoms with van der Waals surface area (Å²) in [5.41, 5.74) is 2.83. The number of Topliss-reactive ketones (excluding diaryl/α,β-unsaturated/α-hetero) is 1. The number of aryl methyl sites for hydroxylation is 1. The highest BCUT2D eigenvalue weighted by molar-refractivity contribution is 6.12. The van der Waals surface area contributed by atoms with Crippen LogP contribution in [0.3, 0.4) is 0 Å². The van der Waals surface area contributed by atoms with Crippen LogP contribution in [0.15, 0.2) is 6.07 Å². The summed E-state index contributed by atoms with van der Waals surface area (Å²) < 4.78 is 5.28. The second kappa shape index (κ2) is 5.84. The van der Waals surface area contributed by atoms with E-state index in [1.165, 1.54) is 7.05 Å². The second-order valence-electron chi connectivity index (χ2n) is 4.45. The molecule has 1 aromatic rings. The fourth-order valence-corrected chi connectivity index (χ4v) is 2.15. The lowest BCUT2D eigenvalue weighted by atomic mass is 9.93. The summed E-state index contributed by atoms with van der Waals surface area (Å²) in [6.45, 7) is 5.48. The van der Waals surface area contributed by atoms with Crippen LogP contribution in [0.2, 0.25) is 0 Å². The fraction of sp³-hybridized carbons (Fsp3) is 0.429. The highest BCUT2D eigenvalue weighted by atomic mass is 16.5. The normalized spacial score (nSPS) is 12.1. The number of methoxy groups -OCH3 is 1. The van der Waals surface area contributed by atoms with Gasteiger partial charge in [0.25, 0.3) is 0 Å². The second-order valence-corrected chi connectivity index (χ2v) is 4.45. The van der Waals surface area contributed by atoms with Gasteiger partial charge in [-0.25, -0.2) is 0 Å². The largest absolute Gasteiger partial charge is 0.496 e. The number of hydrogen-bond acceptors (Lipinski definition) is 4. The Morgan fingerprint density at radius 3 is 2.26 bits per heavy atom. The van der Waals surface area contributed by atoms with E-state index < -0.39 is 17.8 Å². The van der Waals surface area contributed by atoms with Crippen molar-refractivity contribution in [3.05, 3.63) is 28.3 Å². The lowest BCUT2D eigenvalue weighted by Gasteiger charge is -2.17. The number of carboxylic acid groups (broad SMARTS) is 1. The molecule has 0 spiro atoms. The van der Waals surface area contributed by atoms with Crippen molar-refractivity contribution in [1.82, 2.24) is 5.32 Å². The predicted octanol–water partition coefficient (Wildman–Crippen LogP) is 1.48. The zero-order valence-corrected chi connectivity index (χ0v) is 11.8. The zero-order valence-electron chi connectivity index (χ0n) is 11.8. The topological polar surface area (TPSA) is 75.6 Å². The van der Waals surface area contributed by atoms with E-state index in [-0.39, 0.29) is 0 Å². The molecule has 0 aliphatic heterocycles. The third-order valence-corrected chi connectivity index (χ3v) is 3.29. The van der Waals surface area contributed by atoms with Crippen LogP contribution in [0.4, 0.5) is 0 Å². The van der Waals surface area contributed by atoms with Crippen molar-refractivity contribution in [2.45, 2.75) is 26.8 Å². The maximum atomic E-state index is 12.3. The number of benzene rings is 1. The van der Waals surface area contributed by atoms with Gasteiger partial charge in [-0.3, -0.25) is 9.59 Å². The van der Waals surface area contributed by atoms with Crippen LogP contribution in [0.25, 0.3) is 0 Å². The molecule has 0 fully saturated rings. The molecule has 0 aromatic heterocycles. The number of carboxylic acids is 1. The Morgan fingerprint density at radius 1 is 1.26 bits per heavy atom. The van der Waals surface area contributed by atoms with E-state index >= 15 is 0 Å². The summed E-state index contributed by atoms with van der Waals surface area (Å²) in [4.78, 5) is 23.3. The molecule has 0 heterocycles. The predicted molar refractivity (Wildman–Crippen MR) is 72.0 cm³/mol. The van der Waals surface area contributed by atoms with Crippen LogP contribution in [0.5, 0.6) is 5.75 Å². The van der Waals surface area contributed by atoms with E-state index in [2.05, 4.69) is 5.32 Å². The van der Waals surface area contributed by atoms with Gasteiger partial charge >= 0.3 is 5.97 Å². The lowest BCUT2D eigenvalue weighted by Crippen LogP contribution is -2.41. The number of carbonyl (C=O) groups excluding carboxylic acids is 1. The van der Waals surface area contributed by atoms with Crippen LogP contribution in [0, 0.1) is 20.8 Å². The van der Waals surface area contributed by atoms with E-state index in [0.29, 0.717) is 5.56 Å². The smallest absolute Gasteiger partial charge is 0.328 e. The Balaban J connectivity index is 3.36. The number of carbonyl (C=O) groups is 2. The van der Waals surface area contributed by atoms with Gasteiger partial charge in [0.1, 0.15) is 5.75 Å². The standard InChI is InChI=1S/C14H19NO4/c1-7-6-10(8(2)9(3)13(7)19-5)12(16)11(15-4)14(17)18/h6,11,15H,1-5H3,(H,17,18). The summed E-state index contributed by atoms with van der Waals surface area (Å²) in [6, 6.07) is 0.447. The maximum absolute atomic E-state index is 12.3. The third kappa shape index (κ3) is 2.76. The molecule has 0 radical (unpaired) electrons. The van der Waals surface area contributed by atoms with Gasteiger partial charge in [0.05, 0.1) is 7.11 Å². The summed E-state index contributed by atoms with van der Waals surface area (Å²) >= 11 is 0. The fourth-order valence-electron chi connectivity index (χ4n) is 2.15. The molecule has 0 saturated heterocycles. The Bertz CT molecular complexity index is 523. The Morgan fingerprint density at radius 2 is 1.84 bits per heavy atom. The molecule has 0 aliphatic rings. The molecule has 1 rings (SSSR count). The number of nitrogens with one attached hydrogen (secondary N) is 1. The Kier molecular flexibility index (Phi) is 4.67. The molecule has 104 valence electrons. The Hall–Kier alpha value is -1.88. The average Bonchev–Trinajstić information content (AvgIpc) is 2.34. The van der Waals surface area contributed by atoms with Crippen LogP contribution < -0.4 is 10.1 Å². The van der Waals surface area contributed by atoms with E-state index in [1.54, 1.807) is 20.1 Å². The van der Waals surface area contributed by atoms with Crippen LogP contribution in [-0.4, -0.2) is 37.1 Å². The van der Waals surface area contributed by atoms with Crippen LogP contribution in [0.1, 0.15) is 27.0 Å². The molecule has 0 aliphatic carbocycles. The summed E-state index contributed by atoms with van der Waals surface area (Å²) in [7, 11) is 3.03. The molecule has 1 atom stereocenters. The van der Waals surface area contributed by atoms with Crippen molar-refractivity contribution in [1.29, 1.82) is 0 Å². The molecule has 19 heavy (non-hydrogen) atoms. The first-order valence-corrected chi connectivity index (χ1v) is 5.94. The van der Waals surface area contributed by atoms with Gasteiger partial charge in [-0.1, -0.05) is 0 Å². The number of aliphatic carboxylic acids is 1. The van der Waals surface area contributed by atoms with E-state index in [1.807, 2.05) is 13.8 Å². The molecular weight excluding hydrogens is 246 g/mol. The molecule has 0 bridgehead atoms. The minimum absolute atomic E-state index is 0.414. The summed E-state index contributed by atoms with van der Waals surface area (Å²) in [5.74, 6) is -0.898. The molecule has 5 heteroatoms. The quantitative estimate of drug-likeness (QED) is 0.623. The average molecular weight is 265 g/mol. The number of ether oxygens (including phenoxy) is 1. The van der Waals surface area contributed by atoms with Crippen LogP contribution >= 0.6 is 0 Å². The van der Waals surface area contributed by atoms with Crippen molar-refractivity contribution in [3.63, 3.8) is 0 Å². The van der Waals surface area contributed by atoms with E-state index in [9.17, 15) is 9.59 Å². The highest BCUT2D eigenvalue weighted by Gasteiger charge is 2.27. The van der Waals surface area contributed by atoms with Gasteiger partial charge in [0, 0.05) is 5.56 Å². The zero-order chi connectivity index (χ0) is 14.7. The first-order chi connectivity index (χ1) is 8.84. The van der Waals surface area contributed by atoms with Gasteiger partial charge < -0.3 is 15.2 Å². The Labute approximate surface area is 112 Å². The lowest BCUT2D eigenvalue weighted by molar-refractivity contribution is -0.137. The van der Waals surface area contributed by atoms with E-state index in [0.717, 1.165) is 22.4 Å². The summed E-state index contributed by atoms with van der Waals surface area (Å²) in [6.07, 6.45) is 0.